The van der Waals surface area contributed by atoms with Crippen molar-refractivity contribution >= 4 is 34.0 Å². The Hall–Kier alpha value is -6.14. The third-order valence-electron chi connectivity index (χ3n) is 7.38. The van der Waals surface area contributed by atoms with Crippen molar-refractivity contribution in [3.8, 4) is 17.6 Å². The molecule has 0 bridgehead atoms. The number of nitriles is 1. The number of allylic oxidation sites excluding steroid dienone is 1. The smallest absolute Gasteiger partial charge is 0.490 e. The van der Waals surface area contributed by atoms with Crippen LogP contribution in [-0.4, -0.2) is 37.5 Å². The summed E-state index contributed by atoms with van der Waals surface area (Å²) in [6.07, 6.45) is -4.29. The topological polar surface area (TPSA) is 110 Å². The number of nitrogens with zero attached hydrogens (tertiary/aromatic N) is 2. The summed E-state index contributed by atoms with van der Waals surface area (Å²) in [5.74, 6) is -1.18. The van der Waals surface area contributed by atoms with Gasteiger partial charge in [-0.15, -0.1) is 11.3 Å². The molecule has 0 aliphatic rings. The third-order valence-corrected chi connectivity index (χ3v) is 8.27. The maximum atomic E-state index is 10.6. The van der Waals surface area contributed by atoms with Crippen LogP contribution < -0.4 is 15.2 Å². The number of thiophene rings is 1. The van der Waals surface area contributed by atoms with Crippen LogP contribution in [0, 0.1) is 17.9 Å². The van der Waals surface area contributed by atoms with Crippen LogP contribution in [0.2, 0.25) is 0 Å². The predicted octanol–water partition coefficient (Wildman–Crippen LogP) is 9.33. The fraction of sp³-hybridized carbons (Fsp3) is 0.125. The number of ether oxygens (including phenoxy) is 2. The molecule has 5 aromatic rings. The van der Waals surface area contributed by atoms with Crippen LogP contribution in [0.3, 0.4) is 0 Å². The highest BCUT2D eigenvalue weighted by Gasteiger charge is 2.38. The lowest BCUT2D eigenvalue weighted by molar-refractivity contribution is -0.192. The Morgan fingerprint density at radius 1 is 0.804 bits per heavy atom. The van der Waals surface area contributed by atoms with E-state index in [0.717, 1.165) is 61.8 Å². The number of nitrogens with two attached hydrogens (primary N) is 1. The van der Waals surface area contributed by atoms with Crippen LogP contribution in [0.15, 0.2) is 126 Å². The number of hydrogen-bond acceptors (Lipinski definition) is 6. The second kappa shape index (κ2) is 18.0. The predicted molar refractivity (Wildman–Crippen MR) is 193 cm³/mol. The summed E-state index contributed by atoms with van der Waals surface area (Å²) in [4.78, 5) is 13.3. The normalized spacial score (nSPS) is 11.8. The highest BCUT2D eigenvalue weighted by Crippen LogP contribution is 2.39. The lowest BCUT2D eigenvalue weighted by Gasteiger charge is -2.19. The molecule has 1 aromatic heterocycles. The molecule has 0 aliphatic carbocycles. The van der Waals surface area contributed by atoms with Gasteiger partial charge in [-0.25, -0.2) is 14.9 Å². The summed E-state index contributed by atoms with van der Waals surface area (Å²) in [5.41, 5.74) is 13.4. The van der Waals surface area contributed by atoms with Crippen molar-refractivity contribution < 1.29 is 32.5 Å². The Bertz CT molecular complexity index is 2030. The average Bonchev–Trinajstić information content (AvgIpc) is 3.68. The Morgan fingerprint density at radius 2 is 1.27 bits per heavy atom. The second-order valence-corrected chi connectivity index (χ2v) is 11.6. The van der Waals surface area contributed by atoms with E-state index in [1.807, 2.05) is 72.1 Å². The summed E-state index contributed by atoms with van der Waals surface area (Å²) in [7, 11) is 1.66. The van der Waals surface area contributed by atoms with Crippen LogP contribution in [-0.2, 0) is 4.79 Å². The standard InChI is InChI=1S/C38H31N3O2S.C2HF3O2/c1-41-34(26-40)38(35-10-6-25-44-35)31-13-11-28(12-14-31)36(27-8-4-3-5-9-27)37(29-15-19-32(42-2)20-16-29)30-17-21-33(22-18-30)43-24-7-23-39;3-2(4,5)1(6)7/h3-6,8-22,25H,7,23-24,39H2,2H3;(H,6,7)/b37-36?,38-34+;. The lowest BCUT2D eigenvalue weighted by atomic mass is 9.85. The number of alkyl halides is 3. The first-order chi connectivity index (χ1) is 24.6. The van der Waals surface area contributed by atoms with E-state index in [2.05, 4.69) is 59.4 Å². The summed E-state index contributed by atoms with van der Waals surface area (Å²) >= 11 is 1.51. The lowest BCUT2D eigenvalue weighted by Crippen LogP contribution is -2.21. The number of aliphatic carboxylic acids is 1. The van der Waals surface area contributed by atoms with Crippen LogP contribution in [0.1, 0.15) is 39.1 Å². The maximum absolute atomic E-state index is 10.6. The molecule has 0 spiro atoms. The Balaban J connectivity index is 0.000000755. The minimum Gasteiger partial charge on any atom is -0.497 e. The van der Waals surface area contributed by atoms with Crippen LogP contribution in [0.25, 0.3) is 21.6 Å². The fourth-order valence-corrected chi connectivity index (χ4v) is 5.81. The van der Waals surface area contributed by atoms with Gasteiger partial charge in [-0.1, -0.05) is 84.9 Å². The number of carboxylic acids is 1. The number of methoxy groups -OCH3 is 1. The summed E-state index contributed by atoms with van der Waals surface area (Å²) in [5, 5.41) is 18.8. The van der Waals surface area contributed by atoms with Gasteiger partial charge < -0.3 is 20.3 Å². The first-order valence-electron chi connectivity index (χ1n) is 15.4. The quantitative estimate of drug-likeness (QED) is 0.0613. The fourth-order valence-electron chi connectivity index (χ4n) is 5.02. The van der Waals surface area contributed by atoms with Crippen molar-refractivity contribution in [1.29, 1.82) is 5.26 Å². The van der Waals surface area contributed by atoms with Crippen LogP contribution in [0.4, 0.5) is 13.2 Å². The molecule has 0 saturated carbocycles. The van der Waals surface area contributed by atoms with Crippen molar-refractivity contribution in [1.82, 2.24) is 0 Å². The minimum atomic E-state index is -5.08. The maximum Gasteiger partial charge on any atom is 0.490 e. The van der Waals surface area contributed by atoms with Crippen molar-refractivity contribution in [2.75, 3.05) is 20.3 Å². The van der Waals surface area contributed by atoms with Crippen molar-refractivity contribution in [3.05, 3.63) is 170 Å². The monoisotopic (exact) mass is 707 g/mol. The first-order valence-corrected chi connectivity index (χ1v) is 16.3. The van der Waals surface area contributed by atoms with Gasteiger partial charge in [0.15, 0.2) is 0 Å². The van der Waals surface area contributed by atoms with Crippen LogP contribution in [0.5, 0.6) is 11.5 Å². The number of rotatable bonds is 11. The van der Waals surface area contributed by atoms with Gasteiger partial charge in [0.05, 0.1) is 26.4 Å². The van der Waals surface area contributed by atoms with E-state index >= 15 is 0 Å². The van der Waals surface area contributed by atoms with E-state index in [0.29, 0.717) is 18.7 Å². The molecule has 0 fully saturated rings. The van der Waals surface area contributed by atoms with Gasteiger partial charge in [-0.05, 0) is 87.6 Å². The number of carbonyl (C=O) groups is 1. The second-order valence-electron chi connectivity index (χ2n) is 10.7. The van der Waals surface area contributed by atoms with E-state index < -0.39 is 12.1 Å². The number of carboxylic acid groups (broad SMARTS) is 1. The molecular weight excluding hydrogens is 676 g/mol. The first kappa shape index (κ1) is 37.7. The summed E-state index contributed by atoms with van der Waals surface area (Å²) in [6.45, 7) is 8.78. The summed E-state index contributed by atoms with van der Waals surface area (Å²) < 4.78 is 43.1. The van der Waals surface area contributed by atoms with Gasteiger partial charge in [-0.2, -0.15) is 13.2 Å². The molecule has 3 N–H and O–H groups in total. The molecule has 0 saturated heterocycles. The molecule has 1 heterocycles. The number of halogens is 3. The molecule has 4 aromatic carbocycles. The van der Waals surface area contributed by atoms with Crippen molar-refractivity contribution in [2.24, 2.45) is 5.73 Å². The Labute approximate surface area is 297 Å². The average molecular weight is 708 g/mol. The van der Waals surface area contributed by atoms with E-state index in [1.165, 1.54) is 11.3 Å². The molecule has 0 aliphatic heterocycles. The van der Waals surface area contributed by atoms with Crippen molar-refractivity contribution in [2.45, 2.75) is 12.6 Å². The molecule has 11 heteroatoms. The molecular formula is C40H32F3N3O4S. The van der Waals surface area contributed by atoms with Crippen molar-refractivity contribution in [3.63, 3.8) is 0 Å². The molecule has 258 valence electrons. The Morgan fingerprint density at radius 3 is 1.69 bits per heavy atom. The number of hydrogen-bond donors (Lipinski definition) is 2. The Kier molecular flexibility index (Phi) is 13.3. The van der Waals surface area contributed by atoms with Gasteiger partial charge in [0.1, 0.15) is 11.5 Å². The highest BCUT2D eigenvalue weighted by atomic mass is 32.1. The number of benzene rings is 4. The van der Waals surface area contributed by atoms with Gasteiger partial charge in [-0.3, -0.25) is 0 Å². The summed E-state index contributed by atoms with van der Waals surface area (Å²) in [6, 6.07) is 40.6. The zero-order chi connectivity index (χ0) is 36.8. The SMILES string of the molecule is O=C(O)C(F)(F)F.[C-]#[N+]/C(C#N)=C(\c1ccc(C(=C(c2ccc(OC)cc2)c2ccc(OCCCN)cc2)c2ccccc2)cc1)c1cccs1. The molecule has 51 heavy (non-hydrogen) atoms. The molecule has 0 amide bonds. The largest absolute Gasteiger partial charge is 0.497 e. The van der Waals surface area contributed by atoms with E-state index in [-0.39, 0.29) is 5.70 Å². The van der Waals surface area contributed by atoms with E-state index in [9.17, 15) is 18.4 Å². The van der Waals surface area contributed by atoms with E-state index in [1.54, 1.807) is 7.11 Å². The van der Waals surface area contributed by atoms with E-state index in [4.69, 9.17) is 31.7 Å². The highest BCUT2D eigenvalue weighted by molar-refractivity contribution is 7.11. The molecule has 7 nitrogen and oxygen atoms in total. The zero-order valence-electron chi connectivity index (χ0n) is 27.4. The van der Waals surface area contributed by atoms with Gasteiger partial charge >= 0.3 is 12.1 Å². The van der Waals surface area contributed by atoms with Gasteiger partial charge in [0.25, 0.3) is 5.70 Å². The molecule has 0 atom stereocenters. The minimum absolute atomic E-state index is 0.0757. The molecule has 0 radical (unpaired) electrons. The van der Waals surface area contributed by atoms with Gasteiger partial charge in [0.2, 0.25) is 0 Å². The van der Waals surface area contributed by atoms with Crippen LogP contribution >= 0.6 is 11.3 Å². The molecule has 0 unspecified atom stereocenters. The zero-order valence-corrected chi connectivity index (χ0v) is 28.2. The van der Waals surface area contributed by atoms with Gasteiger partial charge in [0, 0.05) is 10.5 Å². The molecule has 5 rings (SSSR count). The third kappa shape index (κ3) is 9.96.